The van der Waals surface area contributed by atoms with E-state index in [1.165, 1.54) is 17.5 Å². The van der Waals surface area contributed by atoms with Gasteiger partial charge in [-0.2, -0.15) is 5.26 Å². The van der Waals surface area contributed by atoms with Crippen molar-refractivity contribution in [3.8, 4) is 11.9 Å². The monoisotopic (exact) mass is 256 g/mol. The van der Waals surface area contributed by atoms with Crippen LogP contribution in [0, 0.1) is 25.2 Å². The van der Waals surface area contributed by atoms with E-state index < -0.39 is 0 Å². The lowest BCUT2D eigenvalue weighted by Crippen LogP contribution is -2.01. The summed E-state index contributed by atoms with van der Waals surface area (Å²) >= 11 is 1.62. The second-order valence-corrected chi connectivity index (χ2v) is 5.00. The maximum absolute atomic E-state index is 9.00. The van der Waals surface area contributed by atoms with Crippen LogP contribution in [0.15, 0.2) is 12.7 Å². The van der Waals surface area contributed by atoms with Crippen LogP contribution >= 0.6 is 11.3 Å². The van der Waals surface area contributed by atoms with E-state index in [1.807, 2.05) is 19.9 Å². The number of hydrogen-bond acceptors (Lipinski definition) is 6. The molecule has 0 radical (unpaired) electrons. The number of fused-ring (bicyclic) bond motifs is 1. The van der Waals surface area contributed by atoms with Gasteiger partial charge in [0.1, 0.15) is 23.6 Å². The average molecular weight is 256 g/mol. The van der Waals surface area contributed by atoms with Gasteiger partial charge in [0, 0.05) is 4.88 Å². The Morgan fingerprint density at radius 3 is 2.94 bits per heavy atom. The van der Waals surface area contributed by atoms with Crippen LogP contribution in [0.25, 0.3) is 16.0 Å². The zero-order valence-corrected chi connectivity index (χ0v) is 10.6. The molecule has 3 aromatic rings. The number of nitriles is 1. The second kappa shape index (κ2) is 3.85. The third kappa shape index (κ3) is 1.39. The Hall–Kier alpha value is -2.33. The molecule has 88 valence electrons. The summed E-state index contributed by atoms with van der Waals surface area (Å²) in [5, 5.41) is 17.5. The third-order valence-electron chi connectivity index (χ3n) is 2.82. The minimum atomic E-state index is 0.221. The maximum Gasteiger partial charge on any atom is 0.240 e. The zero-order valence-electron chi connectivity index (χ0n) is 9.75. The van der Waals surface area contributed by atoms with Crippen LogP contribution in [-0.2, 0) is 0 Å². The van der Waals surface area contributed by atoms with Crippen molar-refractivity contribution in [1.29, 1.82) is 5.26 Å². The zero-order chi connectivity index (χ0) is 12.7. The van der Waals surface area contributed by atoms with E-state index in [0.29, 0.717) is 5.82 Å². The summed E-state index contributed by atoms with van der Waals surface area (Å²) in [7, 11) is 0. The van der Waals surface area contributed by atoms with Gasteiger partial charge in [-0.1, -0.05) is 0 Å². The number of rotatable bonds is 1. The van der Waals surface area contributed by atoms with Crippen molar-refractivity contribution in [3.05, 3.63) is 28.9 Å². The summed E-state index contributed by atoms with van der Waals surface area (Å²) in [6.07, 6.45) is 2.99. The molecule has 0 N–H and O–H groups in total. The fourth-order valence-corrected chi connectivity index (χ4v) is 2.80. The molecule has 0 fully saturated rings. The predicted molar refractivity (Wildman–Crippen MR) is 66.5 cm³/mol. The fourth-order valence-electron chi connectivity index (χ4n) is 1.81. The Morgan fingerprint density at radius 2 is 2.17 bits per heavy atom. The highest BCUT2D eigenvalue weighted by molar-refractivity contribution is 7.18. The molecule has 0 aliphatic carbocycles. The summed E-state index contributed by atoms with van der Waals surface area (Å²) in [6, 6.07) is 2.00. The van der Waals surface area contributed by atoms with Crippen molar-refractivity contribution >= 4 is 21.6 Å². The summed E-state index contributed by atoms with van der Waals surface area (Å²) in [5.41, 5.74) is 1.13. The topological polar surface area (TPSA) is 80.3 Å². The minimum absolute atomic E-state index is 0.221. The van der Waals surface area contributed by atoms with Gasteiger partial charge in [-0.3, -0.25) is 4.57 Å². The van der Waals surface area contributed by atoms with E-state index in [9.17, 15) is 0 Å². The largest absolute Gasteiger partial charge is 0.256 e. The van der Waals surface area contributed by atoms with E-state index in [4.69, 9.17) is 5.26 Å². The van der Waals surface area contributed by atoms with E-state index >= 15 is 0 Å². The first-order chi connectivity index (χ1) is 8.72. The maximum atomic E-state index is 9.00. The van der Waals surface area contributed by atoms with Gasteiger partial charge in [0.25, 0.3) is 0 Å². The third-order valence-corrected chi connectivity index (χ3v) is 3.94. The smallest absolute Gasteiger partial charge is 0.240 e. The average Bonchev–Trinajstić information content (AvgIpc) is 2.95. The number of aromatic nitrogens is 5. The Balaban J connectivity index is 2.40. The fraction of sp³-hybridized carbons (Fsp3) is 0.182. The molecule has 6 nitrogen and oxygen atoms in total. The lowest BCUT2D eigenvalue weighted by molar-refractivity contribution is 0.968. The molecule has 3 rings (SSSR count). The SMILES string of the molecule is Cc1sc2ncnc(-n3cnnc3C#N)c2c1C. The Labute approximate surface area is 107 Å². The molecule has 0 bridgehead atoms. The van der Waals surface area contributed by atoms with Gasteiger partial charge in [-0.15, -0.1) is 21.5 Å². The van der Waals surface area contributed by atoms with E-state index in [-0.39, 0.29) is 5.82 Å². The summed E-state index contributed by atoms with van der Waals surface area (Å²) in [6.45, 7) is 4.07. The number of thiophene rings is 1. The van der Waals surface area contributed by atoms with Crippen LogP contribution in [0.2, 0.25) is 0 Å². The van der Waals surface area contributed by atoms with Crippen molar-refractivity contribution < 1.29 is 0 Å². The molecule has 7 heteroatoms. The molecule has 0 saturated heterocycles. The molecule has 0 amide bonds. The molecular formula is C11H8N6S. The van der Waals surface area contributed by atoms with Crippen LogP contribution in [0.1, 0.15) is 16.3 Å². The number of nitrogens with zero attached hydrogens (tertiary/aromatic N) is 6. The van der Waals surface area contributed by atoms with Gasteiger partial charge in [0.15, 0.2) is 5.82 Å². The molecule has 0 unspecified atom stereocenters. The highest BCUT2D eigenvalue weighted by atomic mass is 32.1. The molecular weight excluding hydrogens is 248 g/mol. The van der Waals surface area contributed by atoms with Crippen LogP contribution in [-0.4, -0.2) is 24.7 Å². The minimum Gasteiger partial charge on any atom is -0.256 e. The Kier molecular flexibility index (Phi) is 2.31. The Bertz CT molecular complexity index is 779. The first-order valence-corrected chi connectivity index (χ1v) is 6.05. The predicted octanol–water partition coefficient (Wildman–Crippen LogP) is 1.76. The van der Waals surface area contributed by atoms with Crippen LogP contribution < -0.4 is 0 Å². The molecule has 0 saturated carbocycles. The normalized spacial score (nSPS) is 10.7. The molecule has 18 heavy (non-hydrogen) atoms. The lowest BCUT2D eigenvalue weighted by Gasteiger charge is -2.03. The van der Waals surface area contributed by atoms with Crippen molar-refractivity contribution in [3.63, 3.8) is 0 Å². The van der Waals surface area contributed by atoms with Crippen molar-refractivity contribution in [1.82, 2.24) is 24.7 Å². The molecule has 0 spiro atoms. The van der Waals surface area contributed by atoms with E-state index in [2.05, 4.69) is 20.2 Å². The number of hydrogen-bond donors (Lipinski definition) is 0. The first kappa shape index (κ1) is 10.8. The molecule has 3 aromatic heterocycles. The van der Waals surface area contributed by atoms with Crippen LogP contribution in [0.4, 0.5) is 0 Å². The van der Waals surface area contributed by atoms with Crippen molar-refractivity contribution in [2.75, 3.05) is 0 Å². The lowest BCUT2D eigenvalue weighted by atomic mass is 10.2. The van der Waals surface area contributed by atoms with Crippen molar-refractivity contribution in [2.24, 2.45) is 0 Å². The summed E-state index contributed by atoms with van der Waals surface area (Å²) in [4.78, 5) is 10.6. The molecule has 0 aliphatic rings. The van der Waals surface area contributed by atoms with Gasteiger partial charge in [-0.05, 0) is 19.4 Å². The first-order valence-electron chi connectivity index (χ1n) is 5.23. The van der Waals surface area contributed by atoms with Gasteiger partial charge in [0.2, 0.25) is 5.82 Å². The van der Waals surface area contributed by atoms with Crippen LogP contribution in [0.3, 0.4) is 0 Å². The van der Waals surface area contributed by atoms with E-state index in [1.54, 1.807) is 15.9 Å². The van der Waals surface area contributed by atoms with Crippen LogP contribution in [0.5, 0.6) is 0 Å². The molecule has 3 heterocycles. The second-order valence-electron chi connectivity index (χ2n) is 3.80. The van der Waals surface area contributed by atoms with E-state index in [0.717, 1.165) is 15.8 Å². The highest BCUT2D eigenvalue weighted by Gasteiger charge is 2.15. The summed E-state index contributed by atoms with van der Waals surface area (Å²) < 4.78 is 1.59. The van der Waals surface area contributed by atoms with Gasteiger partial charge in [0.05, 0.1) is 5.39 Å². The van der Waals surface area contributed by atoms with Gasteiger partial charge in [-0.25, -0.2) is 9.97 Å². The van der Waals surface area contributed by atoms with Gasteiger partial charge >= 0.3 is 0 Å². The quantitative estimate of drug-likeness (QED) is 0.662. The molecule has 0 aromatic carbocycles. The summed E-state index contributed by atoms with van der Waals surface area (Å²) in [5.74, 6) is 0.877. The van der Waals surface area contributed by atoms with Gasteiger partial charge < -0.3 is 0 Å². The Morgan fingerprint density at radius 1 is 1.33 bits per heavy atom. The standard InChI is InChI=1S/C11H8N6S/c1-6-7(2)18-11-9(6)10(13-4-14-11)17-5-15-16-8(17)3-12/h4-5H,1-2H3. The molecule has 0 atom stereocenters. The number of aryl methyl sites for hydroxylation is 2. The molecule has 0 aliphatic heterocycles. The highest BCUT2D eigenvalue weighted by Crippen LogP contribution is 2.31. The van der Waals surface area contributed by atoms with Crippen molar-refractivity contribution in [2.45, 2.75) is 13.8 Å².